The van der Waals surface area contributed by atoms with E-state index in [1.54, 1.807) is 0 Å². The molecule has 1 saturated carbocycles. The van der Waals surface area contributed by atoms with Gasteiger partial charge in [-0.15, -0.1) is 0 Å². The van der Waals surface area contributed by atoms with Gasteiger partial charge in [0.2, 0.25) is 0 Å². The highest BCUT2D eigenvalue weighted by atomic mass is 127. The highest BCUT2D eigenvalue weighted by Gasteiger charge is 2.32. The lowest BCUT2D eigenvalue weighted by Crippen LogP contribution is -2.51. The van der Waals surface area contributed by atoms with E-state index in [0.29, 0.717) is 12.6 Å². The Morgan fingerprint density at radius 1 is 1.37 bits per heavy atom. The van der Waals surface area contributed by atoms with E-state index in [-0.39, 0.29) is 5.91 Å². The van der Waals surface area contributed by atoms with Crippen LogP contribution in [0.4, 0.5) is 5.69 Å². The zero-order valence-corrected chi connectivity index (χ0v) is 13.8. The summed E-state index contributed by atoms with van der Waals surface area (Å²) >= 11 is 2.26. The number of nitrogens with one attached hydrogen (secondary N) is 1. The van der Waals surface area contributed by atoms with Gasteiger partial charge in [-0.1, -0.05) is 6.07 Å². The SMILES string of the molecule is C[N+](C)(CC(=O)Nc1cccc(I)c1)C1CCCC1. The Balaban J connectivity index is 1.93. The van der Waals surface area contributed by atoms with Crippen molar-refractivity contribution in [1.29, 1.82) is 0 Å². The Morgan fingerprint density at radius 2 is 2.05 bits per heavy atom. The second kappa shape index (κ2) is 6.22. The van der Waals surface area contributed by atoms with Gasteiger partial charge in [0.15, 0.2) is 6.54 Å². The highest BCUT2D eigenvalue weighted by Crippen LogP contribution is 2.26. The molecule has 0 unspecified atom stereocenters. The Labute approximate surface area is 129 Å². The highest BCUT2D eigenvalue weighted by molar-refractivity contribution is 14.1. The first-order valence-electron chi connectivity index (χ1n) is 6.85. The van der Waals surface area contributed by atoms with Crippen LogP contribution >= 0.6 is 22.6 Å². The molecule has 0 spiro atoms. The molecule has 1 amide bonds. The molecule has 4 heteroatoms. The lowest BCUT2D eigenvalue weighted by molar-refractivity contribution is -0.906. The van der Waals surface area contributed by atoms with Crippen molar-refractivity contribution in [2.75, 3.05) is 26.0 Å². The molecule has 1 aromatic carbocycles. The summed E-state index contributed by atoms with van der Waals surface area (Å²) in [5.74, 6) is 0.110. The molecular weight excluding hydrogens is 351 g/mol. The molecule has 1 aliphatic rings. The van der Waals surface area contributed by atoms with Crippen LogP contribution in [0.1, 0.15) is 25.7 Å². The van der Waals surface area contributed by atoms with Gasteiger partial charge in [-0.3, -0.25) is 4.79 Å². The van der Waals surface area contributed by atoms with Crippen LogP contribution in [0.25, 0.3) is 0 Å². The van der Waals surface area contributed by atoms with Crippen LogP contribution in [0.5, 0.6) is 0 Å². The van der Waals surface area contributed by atoms with E-state index in [9.17, 15) is 4.79 Å². The normalized spacial score (nSPS) is 16.6. The molecule has 0 atom stereocenters. The monoisotopic (exact) mass is 373 g/mol. The van der Waals surface area contributed by atoms with Gasteiger partial charge in [-0.25, -0.2) is 0 Å². The Kier molecular flexibility index (Phi) is 4.84. The van der Waals surface area contributed by atoms with Crippen molar-refractivity contribution in [3.05, 3.63) is 27.8 Å². The van der Waals surface area contributed by atoms with E-state index in [0.717, 1.165) is 13.7 Å². The molecule has 19 heavy (non-hydrogen) atoms. The first-order valence-corrected chi connectivity index (χ1v) is 7.93. The molecule has 0 aliphatic heterocycles. The van der Waals surface area contributed by atoms with Gasteiger partial charge < -0.3 is 9.80 Å². The summed E-state index contributed by atoms with van der Waals surface area (Å²) in [5, 5.41) is 3.00. The van der Waals surface area contributed by atoms with Gasteiger partial charge in [0.25, 0.3) is 5.91 Å². The van der Waals surface area contributed by atoms with Gasteiger partial charge in [-0.2, -0.15) is 0 Å². The fraction of sp³-hybridized carbons (Fsp3) is 0.533. The molecular formula is C15H22IN2O+. The predicted molar refractivity (Wildman–Crippen MR) is 87.0 cm³/mol. The lowest BCUT2D eigenvalue weighted by Gasteiger charge is -2.35. The second-order valence-corrected chi connectivity index (χ2v) is 7.18. The zero-order chi connectivity index (χ0) is 13.9. The number of halogens is 1. The van der Waals surface area contributed by atoms with E-state index in [4.69, 9.17) is 0 Å². The Morgan fingerprint density at radius 3 is 2.68 bits per heavy atom. The minimum Gasteiger partial charge on any atom is -0.321 e. The van der Waals surface area contributed by atoms with Gasteiger partial charge in [0.1, 0.15) is 0 Å². The molecule has 1 fully saturated rings. The largest absolute Gasteiger partial charge is 0.321 e. The van der Waals surface area contributed by atoms with Crippen molar-refractivity contribution in [3.8, 4) is 0 Å². The van der Waals surface area contributed by atoms with Gasteiger partial charge in [-0.05, 0) is 66.5 Å². The molecule has 0 saturated heterocycles. The van der Waals surface area contributed by atoms with E-state index >= 15 is 0 Å². The smallest absolute Gasteiger partial charge is 0.279 e. The Bertz CT molecular complexity index is 453. The third-order valence-corrected chi connectivity index (χ3v) is 4.64. The molecule has 0 radical (unpaired) electrons. The van der Waals surface area contributed by atoms with Crippen molar-refractivity contribution >= 4 is 34.2 Å². The van der Waals surface area contributed by atoms with Crippen LogP contribution in [0, 0.1) is 3.57 Å². The molecule has 0 aromatic heterocycles. The van der Waals surface area contributed by atoms with Crippen LogP contribution < -0.4 is 5.32 Å². The van der Waals surface area contributed by atoms with Crippen molar-refractivity contribution < 1.29 is 9.28 Å². The standard InChI is InChI=1S/C15H21IN2O/c1-18(2,14-8-3-4-9-14)11-15(19)17-13-7-5-6-12(16)10-13/h5-7,10,14H,3-4,8-9,11H2,1-2H3/p+1. The lowest BCUT2D eigenvalue weighted by atomic mass is 10.2. The summed E-state index contributed by atoms with van der Waals surface area (Å²) in [6.07, 6.45) is 5.13. The summed E-state index contributed by atoms with van der Waals surface area (Å²) in [4.78, 5) is 12.2. The number of hydrogen-bond acceptors (Lipinski definition) is 1. The molecule has 1 aliphatic carbocycles. The number of benzene rings is 1. The number of likely N-dealkylation sites (N-methyl/N-ethyl adjacent to an activating group) is 1. The predicted octanol–water partition coefficient (Wildman–Crippen LogP) is 3.25. The third-order valence-electron chi connectivity index (χ3n) is 3.97. The fourth-order valence-corrected chi connectivity index (χ4v) is 3.41. The minimum absolute atomic E-state index is 0.110. The number of rotatable bonds is 4. The molecule has 104 valence electrons. The number of carbonyl (C=O) groups excluding carboxylic acids is 1. The van der Waals surface area contributed by atoms with E-state index in [1.807, 2.05) is 24.3 Å². The average Bonchev–Trinajstić information content (AvgIpc) is 2.81. The minimum atomic E-state index is 0.110. The first kappa shape index (κ1) is 14.8. The van der Waals surface area contributed by atoms with Crippen LogP contribution in [-0.4, -0.2) is 37.1 Å². The Hall–Kier alpha value is -0.620. The van der Waals surface area contributed by atoms with Crippen LogP contribution in [-0.2, 0) is 4.79 Å². The fourth-order valence-electron chi connectivity index (χ4n) is 2.87. The van der Waals surface area contributed by atoms with Crippen LogP contribution in [0.3, 0.4) is 0 Å². The molecule has 0 heterocycles. The van der Waals surface area contributed by atoms with E-state index in [1.165, 1.54) is 25.7 Å². The van der Waals surface area contributed by atoms with Crippen LogP contribution in [0.2, 0.25) is 0 Å². The van der Waals surface area contributed by atoms with Crippen molar-refractivity contribution in [2.45, 2.75) is 31.7 Å². The molecule has 1 aromatic rings. The average molecular weight is 373 g/mol. The maximum absolute atomic E-state index is 12.2. The summed E-state index contributed by atoms with van der Waals surface area (Å²) in [6, 6.07) is 8.56. The maximum Gasteiger partial charge on any atom is 0.279 e. The number of nitrogens with zero attached hydrogens (tertiary/aromatic N) is 1. The van der Waals surface area contributed by atoms with Crippen molar-refractivity contribution in [1.82, 2.24) is 0 Å². The number of quaternary nitrogens is 1. The van der Waals surface area contributed by atoms with E-state index in [2.05, 4.69) is 42.0 Å². The van der Waals surface area contributed by atoms with Crippen LogP contribution in [0.15, 0.2) is 24.3 Å². The number of amides is 1. The van der Waals surface area contributed by atoms with Gasteiger partial charge >= 0.3 is 0 Å². The van der Waals surface area contributed by atoms with Crippen molar-refractivity contribution in [3.63, 3.8) is 0 Å². The quantitative estimate of drug-likeness (QED) is 0.637. The van der Waals surface area contributed by atoms with E-state index < -0.39 is 0 Å². The topological polar surface area (TPSA) is 29.1 Å². The zero-order valence-electron chi connectivity index (χ0n) is 11.7. The van der Waals surface area contributed by atoms with Gasteiger partial charge in [0, 0.05) is 9.26 Å². The third kappa shape index (κ3) is 4.18. The summed E-state index contributed by atoms with van der Waals surface area (Å²) in [5.41, 5.74) is 0.892. The summed E-state index contributed by atoms with van der Waals surface area (Å²) < 4.78 is 1.94. The number of carbonyl (C=O) groups is 1. The molecule has 3 nitrogen and oxygen atoms in total. The maximum atomic E-state index is 12.2. The molecule has 0 bridgehead atoms. The summed E-state index contributed by atoms with van der Waals surface area (Å²) in [6.45, 7) is 0.552. The van der Waals surface area contributed by atoms with Gasteiger partial charge in [0.05, 0.1) is 20.1 Å². The molecule has 1 N–H and O–H groups in total. The number of hydrogen-bond donors (Lipinski definition) is 1. The summed E-state index contributed by atoms with van der Waals surface area (Å²) in [7, 11) is 4.34. The second-order valence-electron chi connectivity index (χ2n) is 5.93. The number of anilines is 1. The molecule has 2 rings (SSSR count). The first-order chi connectivity index (χ1) is 8.97. The van der Waals surface area contributed by atoms with Crippen molar-refractivity contribution in [2.24, 2.45) is 0 Å².